The predicted octanol–water partition coefficient (Wildman–Crippen LogP) is 5.30. The van der Waals surface area contributed by atoms with Crippen LogP contribution in [-0.4, -0.2) is 131 Å². The number of methoxy groups -OCH3 is 1. The maximum Gasteiger partial charge on any atom is 0.312 e. The van der Waals surface area contributed by atoms with Gasteiger partial charge < -0.3 is 54.2 Å². The second kappa shape index (κ2) is 21.2. The molecule has 0 aromatic heterocycles. The second-order valence-electron chi connectivity index (χ2n) is 17.1. The highest BCUT2D eigenvalue weighted by Gasteiger charge is 2.50. The molecule has 17 heteroatoms. The number of ether oxygens (including phenoxy) is 6. The van der Waals surface area contributed by atoms with Crippen molar-refractivity contribution in [2.75, 3.05) is 51.9 Å². The summed E-state index contributed by atoms with van der Waals surface area (Å²) in [5, 5.41) is 52.4. The quantitative estimate of drug-likeness (QED) is 0.159. The average Bonchev–Trinajstić information content (AvgIpc) is 3.54. The number of aliphatic hydroxyl groups excluding tert-OH is 2. The van der Waals surface area contributed by atoms with Gasteiger partial charge in [0.1, 0.15) is 23.4 Å². The monoisotopic (exact) mass is 895 g/mol. The van der Waals surface area contributed by atoms with E-state index in [4.69, 9.17) is 28.4 Å². The molecule has 9 atom stereocenters. The highest BCUT2D eigenvalue weighted by molar-refractivity contribution is 6.21. The number of esters is 1. The molecule has 17 nitrogen and oxygen atoms in total. The number of ketones is 1. The number of allylic oxidation sites excluding steroid dienone is 2. The van der Waals surface area contributed by atoms with E-state index >= 15 is 0 Å². The van der Waals surface area contributed by atoms with Crippen molar-refractivity contribution in [3.8, 4) is 23.0 Å². The van der Waals surface area contributed by atoms with Crippen LogP contribution < -0.4 is 14.8 Å². The van der Waals surface area contributed by atoms with E-state index in [1.807, 2.05) is 11.9 Å². The number of nitrogens with zero attached hydrogens (tertiary/aromatic N) is 2. The van der Waals surface area contributed by atoms with Gasteiger partial charge in [-0.2, -0.15) is 0 Å². The van der Waals surface area contributed by atoms with E-state index in [-0.39, 0.29) is 44.7 Å². The number of anilines is 1. The summed E-state index contributed by atoms with van der Waals surface area (Å²) in [7, 11) is 1.44. The summed E-state index contributed by atoms with van der Waals surface area (Å²) in [6.45, 7) is 16.4. The number of fused-ring (bicyclic) bond motifs is 14. The number of rotatable bonds is 9. The Morgan fingerprint density at radius 2 is 1.67 bits per heavy atom. The zero-order valence-electron chi connectivity index (χ0n) is 38.5. The molecule has 2 aromatic carbocycles. The smallest absolute Gasteiger partial charge is 0.312 e. The summed E-state index contributed by atoms with van der Waals surface area (Å²) >= 11 is 0. The first-order valence-corrected chi connectivity index (χ1v) is 21.9. The fourth-order valence-electron chi connectivity index (χ4n) is 8.49. The maximum atomic E-state index is 14.7. The molecular weight excluding hydrogens is 831 g/mol. The van der Waals surface area contributed by atoms with Gasteiger partial charge in [0.15, 0.2) is 12.4 Å². The summed E-state index contributed by atoms with van der Waals surface area (Å²) in [4.78, 5) is 54.7. The van der Waals surface area contributed by atoms with Crippen LogP contribution in [-0.2, 0) is 33.3 Å². The van der Waals surface area contributed by atoms with Crippen molar-refractivity contribution in [3.63, 3.8) is 0 Å². The average molecular weight is 896 g/mol. The number of amides is 2. The maximum absolute atomic E-state index is 14.7. The molecule has 0 aliphatic carbocycles. The summed E-state index contributed by atoms with van der Waals surface area (Å²) in [6, 6.07) is 1.28. The van der Waals surface area contributed by atoms with E-state index in [0.29, 0.717) is 32.8 Å². The Bertz CT molecular complexity index is 2150. The molecule has 4 aliphatic heterocycles. The number of nitrogens with one attached hydrogen (secondary N) is 1. The van der Waals surface area contributed by atoms with E-state index < -0.39 is 95.5 Å². The third-order valence-corrected chi connectivity index (χ3v) is 12.5. The summed E-state index contributed by atoms with van der Waals surface area (Å²) < 4.78 is 35.6. The number of aromatic hydroxyl groups is 2. The topological polar surface area (TPSA) is 223 Å². The number of phenolic OH excluding ortho intramolecular Hbond substituents is 2. The number of morpholine rings is 1. The highest BCUT2D eigenvalue weighted by Crippen LogP contribution is 2.54. The Morgan fingerprint density at radius 3 is 2.31 bits per heavy atom. The number of carbonyl (C=O) groups is 4. The zero-order valence-corrected chi connectivity index (χ0v) is 38.5. The second-order valence-corrected chi connectivity index (χ2v) is 17.1. The normalized spacial score (nSPS) is 30.2. The van der Waals surface area contributed by atoms with Crippen molar-refractivity contribution >= 4 is 40.0 Å². The molecule has 6 rings (SSSR count). The minimum atomic E-state index is -2.04. The predicted molar refractivity (Wildman–Crippen MR) is 237 cm³/mol. The van der Waals surface area contributed by atoms with Crippen LogP contribution in [0.5, 0.6) is 23.0 Å². The number of carbonyl (C=O) groups excluding carboxylic acids is 4. The lowest BCUT2D eigenvalue weighted by Gasteiger charge is -2.38. The van der Waals surface area contributed by atoms with Crippen LogP contribution in [0.25, 0.3) is 10.8 Å². The van der Waals surface area contributed by atoms with Gasteiger partial charge in [-0.1, -0.05) is 59.3 Å². The first-order valence-electron chi connectivity index (χ1n) is 21.9. The molecule has 4 heterocycles. The Morgan fingerprint density at radius 1 is 0.984 bits per heavy atom. The van der Waals surface area contributed by atoms with E-state index in [2.05, 4.69) is 5.32 Å². The van der Waals surface area contributed by atoms with Gasteiger partial charge in [-0.15, -0.1) is 0 Å². The van der Waals surface area contributed by atoms with Gasteiger partial charge in [0.2, 0.25) is 0 Å². The molecule has 0 saturated carbocycles. The van der Waals surface area contributed by atoms with Crippen LogP contribution >= 0.6 is 0 Å². The molecule has 0 radical (unpaired) electrons. The summed E-state index contributed by atoms with van der Waals surface area (Å²) in [5.74, 6) is -8.13. The highest BCUT2D eigenvalue weighted by atomic mass is 16.7. The molecule has 64 heavy (non-hydrogen) atoms. The van der Waals surface area contributed by atoms with E-state index in [1.54, 1.807) is 44.9 Å². The van der Waals surface area contributed by atoms with Gasteiger partial charge in [0.05, 0.1) is 54.4 Å². The molecule has 1 saturated heterocycles. The van der Waals surface area contributed by atoms with Gasteiger partial charge >= 0.3 is 11.8 Å². The molecule has 2 amide bonds. The Hall–Kier alpha value is -5.20. The van der Waals surface area contributed by atoms with Crippen molar-refractivity contribution in [3.05, 3.63) is 53.3 Å². The van der Waals surface area contributed by atoms with Crippen LogP contribution in [0.15, 0.2) is 42.2 Å². The van der Waals surface area contributed by atoms with Gasteiger partial charge in [-0.3, -0.25) is 24.2 Å². The van der Waals surface area contributed by atoms with Gasteiger partial charge in [-0.25, -0.2) is 5.01 Å². The third-order valence-electron chi connectivity index (χ3n) is 12.5. The SMILES string of the molecule is CCCCN(C(=O)COc1cc2c(O)c3c(O)c(C)c4c(c13)C(=O)[C@@](C)(O/C=C/[C@H](OC)[C@@H](C)[C@@H](OC(C)=O)[C@H](C)[C@@H](O)[C@H](C)[C@H](O)[C@H](C)/C=C/C=C(/C)C(=O)N2)O4)N1CCOCC1. The molecule has 1 fully saturated rings. The first kappa shape index (κ1) is 49.8. The van der Waals surface area contributed by atoms with Crippen molar-refractivity contribution < 1.29 is 68.0 Å². The van der Waals surface area contributed by atoms with Crippen molar-refractivity contribution in [1.82, 2.24) is 10.0 Å². The lowest BCUT2D eigenvalue weighted by molar-refractivity contribution is -0.161. The van der Waals surface area contributed by atoms with Crippen LogP contribution in [0.2, 0.25) is 0 Å². The minimum Gasteiger partial charge on any atom is -0.507 e. The van der Waals surface area contributed by atoms with Crippen LogP contribution in [0.1, 0.15) is 84.2 Å². The first-order chi connectivity index (χ1) is 30.3. The summed E-state index contributed by atoms with van der Waals surface area (Å²) in [5.41, 5.74) is -0.0301. The number of hydrogen-bond acceptors (Lipinski definition) is 15. The standard InChI is InChI=1S/C47H65N3O14/c1-11-12-17-50(49-18-21-60-22-19-49)35(52)24-61-34-23-32-42(56)37-36(34)38-44(30(7)41(37)55)64-47(9,45(38)57)62-20-16-33(59-10)27(4)43(63-31(8)51)29(6)40(54)28(5)39(53)25(2)14-13-15-26(3)46(58)48-32/h13-16,20,23,25,27-29,33,39-40,43,53-56H,11-12,17-19,21-22,24H2,1-10H3,(H,48,58)/b14-13+,20-16+,26-15-/t25-,27-,28-,29-,33+,39-,40+,43-,47+/m1/s1. The van der Waals surface area contributed by atoms with Crippen molar-refractivity contribution in [2.45, 2.75) is 105 Å². The van der Waals surface area contributed by atoms with Gasteiger partial charge in [0, 0.05) is 86.9 Å². The minimum absolute atomic E-state index is 0.0628. The third kappa shape index (κ3) is 10.5. The molecule has 0 spiro atoms. The van der Waals surface area contributed by atoms with E-state index in [9.17, 15) is 39.6 Å². The fraction of sp³-hybridized carbons (Fsp3) is 0.574. The molecule has 2 aromatic rings. The molecule has 5 N–H and O–H groups in total. The van der Waals surface area contributed by atoms with E-state index in [1.165, 1.54) is 59.3 Å². The number of phenols is 2. The largest absolute Gasteiger partial charge is 0.507 e. The Kier molecular flexibility index (Phi) is 16.5. The van der Waals surface area contributed by atoms with Crippen molar-refractivity contribution in [2.24, 2.45) is 23.7 Å². The molecule has 4 aliphatic rings. The number of hydrazine groups is 1. The van der Waals surface area contributed by atoms with Gasteiger partial charge in [0.25, 0.3) is 17.6 Å². The van der Waals surface area contributed by atoms with Crippen molar-refractivity contribution in [1.29, 1.82) is 0 Å². The Labute approximate surface area is 374 Å². The number of aliphatic hydroxyl groups is 2. The lowest BCUT2D eigenvalue weighted by Crippen LogP contribution is -2.53. The van der Waals surface area contributed by atoms with Gasteiger partial charge in [-0.05, 0) is 26.3 Å². The van der Waals surface area contributed by atoms with E-state index in [0.717, 1.165) is 12.8 Å². The number of Topliss-reactive ketones (excluding diaryl/α,β-unsaturated/α-hetero) is 1. The molecular formula is C47H65N3O14. The molecule has 0 unspecified atom stereocenters. The number of benzene rings is 2. The number of hydrogen-bond donors (Lipinski definition) is 5. The number of unbranched alkanes of at least 4 members (excludes halogenated alkanes) is 1. The fourth-order valence-corrected chi connectivity index (χ4v) is 8.49. The Balaban J connectivity index is 1.66. The molecule has 352 valence electrons. The lowest BCUT2D eigenvalue weighted by atomic mass is 9.78. The van der Waals surface area contributed by atoms with Crippen LogP contribution in [0.4, 0.5) is 5.69 Å². The zero-order chi connectivity index (χ0) is 47.2. The molecule has 5 bridgehead atoms. The summed E-state index contributed by atoms with van der Waals surface area (Å²) in [6.07, 6.45) is 5.14. The van der Waals surface area contributed by atoms with Crippen LogP contribution in [0.3, 0.4) is 0 Å². The van der Waals surface area contributed by atoms with Crippen LogP contribution in [0, 0.1) is 30.6 Å².